The number of aromatic carboxylic acids is 1. The molecule has 1 heterocycles. The highest BCUT2D eigenvalue weighted by Crippen LogP contribution is 2.42. The molecule has 2 saturated carbocycles. The Morgan fingerprint density at radius 1 is 1.25 bits per heavy atom. The van der Waals surface area contributed by atoms with Crippen molar-refractivity contribution in [1.29, 1.82) is 0 Å². The minimum atomic E-state index is -0.902. The second kappa shape index (κ2) is 6.02. The normalized spacial score (nSPS) is 19.5. The van der Waals surface area contributed by atoms with Gasteiger partial charge in [0.15, 0.2) is 5.82 Å². The lowest BCUT2D eigenvalue weighted by atomic mass is 9.96. The van der Waals surface area contributed by atoms with E-state index in [-0.39, 0.29) is 5.54 Å². The molecule has 2 fully saturated rings. The molecule has 24 heavy (non-hydrogen) atoms. The summed E-state index contributed by atoms with van der Waals surface area (Å²) in [5.41, 5.74) is 1.14. The van der Waals surface area contributed by atoms with E-state index >= 15 is 0 Å². The summed E-state index contributed by atoms with van der Waals surface area (Å²) in [6.07, 6.45) is 6.61. The lowest BCUT2D eigenvalue weighted by molar-refractivity contribution is 0.0697. The first-order chi connectivity index (χ1) is 11.7. The molecule has 0 unspecified atom stereocenters. The Hall–Kier alpha value is -2.21. The lowest BCUT2D eigenvalue weighted by Gasteiger charge is -2.27. The third-order valence-corrected chi connectivity index (χ3v) is 5.09. The summed E-state index contributed by atoms with van der Waals surface area (Å²) in [5.74, 6) is 1.13. The molecule has 6 nitrogen and oxygen atoms in total. The average molecular weight is 327 g/mol. The molecule has 6 heteroatoms. The van der Waals surface area contributed by atoms with Crippen molar-refractivity contribution >= 4 is 5.97 Å². The Morgan fingerprint density at radius 2 is 1.96 bits per heavy atom. The predicted molar refractivity (Wildman–Crippen MR) is 86.7 cm³/mol. The van der Waals surface area contributed by atoms with Crippen LogP contribution in [0.1, 0.15) is 72.1 Å². The fourth-order valence-corrected chi connectivity index (χ4v) is 3.42. The van der Waals surface area contributed by atoms with Crippen LogP contribution >= 0.6 is 0 Å². The molecule has 4 rings (SSSR count). The molecule has 0 radical (unpaired) electrons. The predicted octanol–water partition coefficient (Wildman–Crippen LogP) is 3.20. The van der Waals surface area contributed by atoms with Crippen molar-refractivity contribution in [1.82, 2.24) is 15.5 Å². The zero-order valence-electron chi connectivity index (χ0n) is 13.5. The van der Waals surface area contributed by atoms with E-state index in [9.17, 15) is 4.79 Å². The summed E-state index contributed by atoms with van der Waals surface area (Å²) in [7, 11) is 0. The highest BCUT2D eigenvalue weighted by Gasteiger charge is 2.41. The van der Waals surface area contributed by atoms with Gasteiger partial charge in [0.1, 0.15) is 0 Å². The maximum absolute atomic E-state index is 10.9. The Balaban J connectivity index is 1.49. The van der Waals surface area contributed by atoms with Gasteiger partial charge in [0.05, 0.1) is 11.1 Å². The van der Waals surface area contributed by atoms with Crippen LogP contribution in [0.25, 0.3) is 0 Å². The van der Waals surface area contributed by atoms with Crippen molar-refractivity contribution in [3.63, 3.8) is 0 Å². The van der Waals surface area contributed by atoms with Crippen LogP contribution in [0.3, 0.4) is 0 Å². The first-order valence-corrected chi connectivity index (χ1v) is 8.58. The number of carboxylic acid groups (broad SMARTS) is 1. The molecule has 0 bridgehead atoms. The molecule has 0 amide bonds. The number of benzene rings is 1. The van der Waals surface area contributed by atoms with E-state index in [2.05, 4.69) is 15.5 Å². The minimum absolute atomic E-state index is 0.220. The van der Waals surface area contributed by atoms with Crippen LogP contribution in [0.2, 0.25) is 0 Å². The van der Waals surface area contributed by atoms with E-state index < -0.39 is 5.97 Å². The molecule has 0 spiro atoms. The van der Waals surface area contributed by atoms with Gasteiger partial charge in [0.2, 0.25) is 5.89 Å². The first-order valence-electron chi connectivity index (χ1n) is 8.58. The van der Waals surface area contributed by atoms with Crippen molar-refractivity contribution in [2.24, 2.45) is 0 Å². The summed E-state index contributed by atoms with van der Waals surface area (Å²) >= 11 is 0. The summed E-state index contributed by atoms with van der Waals surface area (Å²) in [6.45, 7) is 0.660. The molecule has 2 aromatic rings. The number of carbonyl (C=O) groups is 1. The highest BCUT2D eigenvalue weighted by molar-refractivity contribution is 5.87. The van der Waals surface area contributed by atoms with Crippen LogP contribution in [0, 0.1) is 0 Å². The molecule has 2 N–H and O–H groups in total. The zero-order valence-corrected chi connectivity index (χ0v) is 13.5. The Labute approximate surface area is 140 Å². The lowest BCUT2D eigenvalue weighted by Crippen LogP contribution is -2.40. The number of nitrogens with zero attached hydrogens (tertiary/aromatic N) is 2. The molecule has 126 valence electrons. The maximum Gasteiger partial charge on any atom is 0.335 e. The van der Waals surface area contributed by atoms with E-state index in [0.717, 1.165) is 55.8 Å². The number of hydrogen-bond acceptors (Lipinski definition) is 5. The average Bonchev–Trinajstić information content (AvgIpc) is 3.12. The van der Waals surface area contributed by atoms with Gasteiger partial charge in [-0.1, -0.05) is 30.1 Å². The van der Waals surface area contributed by atoms with Gasteiger partial charge in [-0.3, -0.25) is 0 Å². The van der Waals surface area contributed by atoms with Crippen LogP contribution in [-0.4, -0.2) is 21.2 Å². The number of aromatic nitrogens is 2. The van der Waals surface area contributed by atoms with Gasteiger partial charge in [0, 0.05) is 12.5 Å². The SMILES string of the molecule is O=C(O)c1ccc(CNC2(c3noc(C4CC4)n3)CCCC2)cc1. The van der Waals surface area contributed by atoms with Gasteiger partial charge in [-0.05, 0) is 43.4 Å². The highest BCUT2D eigenvalue weighted by atomic mass is 16.5. The quantitative estimate of drug-likeness (QED) is 0.847. The van der Waals surface area contributed by atoms with Crippen LogP contribution in [-0.2, 0) is 12.1 Å². The van der Waals surface area contributed by atoms with Gasteiger partial charge in [0.25, 0.3) is 0 Å². The van der Waals surface area contributed by atoms with Crippen molar-refractivity contribution in [2.45, 2.75) is 56.5 Å². The standard InChI is InChI=1S/C18H21N3O3/c22-16(23)14-5-3-12(4-6-14)11-19-18(9-1-2-10-18)17-20-15(24-21-17)13-7-8-13/h3-6,13,19H,1-2,7-11H2,(H,22,23). The van der Waals surface area contributed by atoms with Crippen LogP contribution in [0.5, 0.6) is 0 Å². The smallest absolute Gasteiger partial charge is 0.335 e. The number of hydrogen-bond donors (Lipinski definition) is 2. The van der Waals surface area contributed by atoms with Gasteiger partial charge in [-0.15, -0.1) is 0 Å². The molecule has 0 saturated heterocycles. The topological polar surface area (TPSA) is 88.2 Å². The molecule has 1 aromatic carbocycles. The van der Waals surface area contributed by atoms with Crippen molar-refractivity contribution in [2.75, 3.05) is 0 Å². The molecule has 0 aliphatic heterocycles. The summed E-state index contributed by atoms with van der Waals surface area (Å²) < 4.78 is 5.45. The van der Waals surface area contributed by atoms with Gasteiger partial charge in [-0.2, -0.15) is 4.98 Å². The summed E-state index contributed by atoms with van der Waals surface area (Å²) in [5, 5.41) is 16.8. The second-order valence-electron chi connectivity index (χ2n) is 6.88. The Kier molecular flexibility index (Phi) is 3.84. The number of carboxylic acids is 1. The Morgan fingerprint density at radius 3 is 2.58 bits per heavy atom. The fraction of sp³-hybridized carbons (Fsp3) is 0.500. The van der Waals surface area contributed by atoms with E-state index in [1.54, 1.807) is 12.1 Å². The molecule has 1 aromatic heterocycles. The fourth-order valence-electron chi connectivity index (χ4n) is 3.42. The van der Waals surface area contributed by atoms with E-state index in [1.165, 1.54) is 0 Å². The third kappa shape index (κ3) is 2.94. The number of rotatable bonds is 6. The molecule has 2 aliphatic carbocycles. The third-order valence-electron chi connectivity index (χ3n) is 5.09. The van der Waals surface area contributed by atoms with Crippen LogP contribution in [0.15, 0.2) is 28.8 Å². The molecular weight excluding hydrogens is 306 g/mol. The number of nitrogens with one attached hydrogen (secondary N) is 1. The van der Waals surface area contributed by atoms with Gasteiger partial charge >= 0.3 is 5.97 Å². The van der Waals surface area contributed by atoms with Crippen LogP contribution in [0.4, 0.5) is 0 Å². The molecule has 2 aliphatic rings. The maximum atomic E-state index is 10.9. The zero-order chi connectivity index (χ0) is 16.6. The van der Waals surface area contributed by atoms with Crippen molar-refractivity contribution in [3.8, 4) is 0 Å². The Bertz CT molecular complexity index is 728. The summed E-state index contributed by atoms with van der Waals surface area (Å²) in [4.78, 5) is 15.6. The first kappa shape index (κ1) is 15.3. The van der Waals surface area contributed by atoms with Crippen molar-refractivity contribution < 1.29 is 14.4 Å². The van der Waals surface area contributed by atoms with Crippen molar-refractivity contribution in [3.05, 3.63) is 47.1 Å². The molecule has 0 atom stereocenters. The van der Waals surface area contributed by atoms with E-state index in [1.807, 2.05) is 12.1 Å². The monoisotopic (exact) mass is 327 g/mol. The van der Waals surface area contributed by atoms with Gasteiger partial charge < -0.3 is 14.9 Å². The van der Waals surface area contributed by atoms with E-state index in [4.69, 9.17) is 9.63 Å². The van der Waals surface area contributed by atoms with Crippen LogP contribution < -0.4 is 5.32 Å². The summed E-state index contributed by atoms with van der Waals surface area (Å²) in [6, 6.07) is 6.98. The minimum Gasteiger partial charge on any atom is -0.478 e. The van der Waals surface area contributed by atoms with E-state index in [0.29, 0.717) is 18.0 Å². The van der Waals surface area contributed by atoms with Gasteiger partial charge in [-0.25, -0.2) is 4.79 Å². The molecular formula is C18H21N3O3. The second-order valence-corrected chi connectivity index (χ2v) is 6.88. The largest absolute Gasteiger partial charge is 0.478 e.